The minimum absolute atomic E-state index is 1.25. The molecule has 0 amide bonds. The Balaban J connectivity index is 1.84. The van der Waals surface area contributed by atoms with E-state index in [9.17, 15) is 0 Å². The van der Waals surface area contributed by atoms with Crippen molar-refractivity contribution in [2.24, 2.45) is 0 Å². The van der Waals surface area contributed by atoms with E-state index in [1.165, 1.54) is 35.1 Å². The van der Waals surface area contributed by atoms with Crippen molar-refractivity contribution in [3.8, 4) is 0 Å². The number of hydrogen-bond donors (Lipinski definition) is 0. The minimum atomic E-state index is 1.25. The zero-order valence-electron chi connectivity index (χ0n) is 9.19. The monoisotopic (exact) mass is 206 g/mol. The Hall–Kier alpha value is -1.82. The molecule has 0 heterocycles. The summed E-state index contributed by atoms with van der Waals surface area (Å²) in [4.78, 5) is 0. The summed E-state index contributed by atoms with van der Waals surface area (Å²) in [6.07, 6.45) is 6.87. The topological polar surface area (TPSA) is 0 Å². The van der Waals surface area contributed by atoms with Crippen LogP contribution in [-0.2, 0) is 12.8 Å². The first kappa shape index (κ1) is 9.41. The first-order valence-electron chi connectivity index (χ1n) is 5.77. The molecule has 2 aromatic rings. The maximum absolute atomic E-state index is 2.30. The Morgan fingerprint density at radius 3 is 2.12 bits per heavy atom. The highest BCUT2D eigenvalue weighted by molar-refractivity contribution is 5.70. The Morgan fingerprint density at radius 1 is 0.688 bits per heavy atom. The van der Waals surface area contributed by atoms with Gasteiger partial charge in [-0.1, -0.05) is 60.7 Å². The van der Waals surface area contributed by atoms with E-state index in [1.807, 2.05) is 6.07 Å². The average molecular weight is 206 g/mol. The first-order valence-corrected chi connectivity index (χ1v) is 5.77. The molecule has 0 unspecified atom stereocenters. The molecule has 0 bridgehead atoms. The Bertz CT molecular complexity index is 521. The summed E-state index contributed by atoms with van der Waals surface area (Å²) in [6, 6.07) is 17.2. The molecule has 78 valence electrons. The van der Waals surface area contributed by atoms with Gasteiger partial charge < -0.3 is 0 Å². The lowest BCUT2D eigenvalue weighted by Gasteiger charge is -2.18. The standard InChI is InChI=1S/C16H14/c1-2-4-13(5-3-1)6-7-14-8-9-15-10-11-16(15)12-14/h1-9,12H,10-11H2/b7-6+. The van der Waals surface area contributed by atoms with Crippen molar-refractivity contribution in [1.82, 2.24) is 0 Å². The number of benzene rings is 2. The highest BCUT2D eigenvalue weighted by Crippen LogP contribution is 2.24. The van der Waals surface area contributed by atoms with Gasteiger partial charge in [-0.25, -0.2) is 0 Å². The van der Waals surface area contributed by atoms with Crippen LogP contribution in [0.15, 0.2) is 48.5 Å². The fraction of sp³-hybridized carbons (Fsp3) is 0.125. The summed E-state index contributed by atoms with van der Waals surface area (Å²) in [5.74, 6) is 0. The summed E-state index contributed by atoms with van der Waals surface area (Å²) in [5.41, 5.74) is 5.61. The van der Waals surface area contributed by atoms with Crippen LogP contribution in [0.25, 0.3) is 12.2 Å². The lowest BCUT2D eigenvalue weighted by molar-refractivity contribution is 0.839. The minimum Gasteiger partial charge on any atom is -0.0622 e. The average Bonchev–Trinajstić information content (AvgIpc) is 2.31. The van der Waals surface area contributed by atoms with Crippen molar-refractivity contribution in [2.45, 2.75) is 12.8 Å². The number of hydrogen-bond acceptors (Lipinski definition) is 0. The molecular weight excluding hydrogens is 192 g/mol. The van der Waals surface area contributed by atoms with Crippen LogP contribution >= 0.6 is 0 Å². The number of fused-ring (bicyclic) bond motifs is 1. The molecule has 3 rings (SSSR count). The molecule has 0 aromatic heterocycles. The summed E-state index contributed by atoms with van der Waals surface area (Å²) in [7, 11) is 0. The van der Waals surface area contributed by atoms with Crippen molar-refractivity contribution in [1.29, 1.82) is 0 Å². The van der Waals surface area contributed by atoms with E-state index >= 15 is 0 Å². The molecule has 1 aliphatic carbocycles. The Labute approximate surface area is 96.3 Å². The summed E-state index contributed by atoms with van der Waals surface area (Å²) in [5, 5.41) is 0. The molecular formula is C16H14. The fourth-order valence-corrected chi connectivity index (χ4v) is 2.08. The molecule has 0 fully saturated rings. The van der Waals surface area contributed by atoms with Gasteiger partial charge in [-0.15, -0.1) is 0 Å². The Kier molecular flexibility index (Phi) is 2.34. The van der Waals surface area contributed by atoms with E-state index in [0.29, 0.717) is 0 Å². The van der Waals surface area contributed by atoms with E-state index < -0.39 is 0 Å². The molecule has 0 heteroatoms. The summed E-state index contributed by atoms with van der Waals surface area (Å²) >= 11 is 0. The number of aryl methyl sites for hydroxylation is 2. The second kappa shape index (κ2) is 3.97. The van der Waals surface area contributed by atoms with E-state index in [1.54, 1.807) is 0 Å². The number of rotatable bonds is 2. The summed E-state index contributed by atoms with van der Waals surface area (Å²) < 4.78 is 0. The van der Waals surface area contributed by atoms with E-state index in [-0.39, 0.29) is 0 Å². The van der Waals surface area contributed by atoms with Gasteiger partial charge in [0.2, 0.25) is 0 Å². The quantitative estimate of drug-likeness (QED) is 0.652. The van der Waals surface area contributed by atoms with Gasteiger partial charge in [-0.05, 0) is 35.1 Å². The smallest absolute Gasteiger partial charge is 0.0235 e. The van der Waals surface area contributed by atoms with E-state index in [4.69, 9.17) is 0 Å². The lowest BCUT2D eigenvalue weighted by Crippen LogP contribution is -2.07. The van der Waals surface area contributed by atoms with Crippen molar-refractivity contribution >= 4 is 12.2 Å². The molecule has 0 saturated carbocycles. The molecule has 0 saturated heterocycles. The van der Waals surface area contributed by atoms with Gasteiger partial charge in [0.05, 0.1) is 0 Å². The maximum Gasteiger partial charge on any atom is -0.0235 e. The van der Waals surface area contributed by atoms with E-state index in [2.05, 4.69) is 54.6 Å². The third-order valence-corrected chi connectivity index (χ3v) is 3.16. The second-order valence-corrected chi connectivity index (χ2v) is 4.27. The van der Waals surface area contributed by atoms with Gasteiger partial charge in [0.25, 0.3) is 0 Å². The summed E-state index contributed by atoms with van der Waals surface area (Å²) in [6.45, 7) is 0. The molecule has 0 radical (unpaired) electrons. The molecule has 16 heavy (non-hydrogen) atoms. The highest BCUT2D eigenvalue weighted by Gasteiger charge is 2.11. The van der Waals surface area contributed by atoms with Crippen LogP contribution in [0, 0.1) is 0 Å². The first-order chi connectivity index (χ1) is 7.92. The van der Waals surface area contributed by atoms with Crippen LogP contribution < -0.4 is 0 Å². The second-order valence-electron chi connectivity index (χ2n) is 4.27. The largest absolute Gasteiger partial charge is 0.0622 e. The molecule has 1 aliphatic rings. The molecule has 0 aliphatic heterocycles. The molecule has 0 N–H and O–H groups in total. The SMILES string of the molecule is C(=C\c1ccc2c(c1)CC2)/c1ccccc1. The molecule has 0 atom stereocenters. The predicted molar refractivity (Wildman–Crippen MR) is 69.2 cm³/mol. The fourth-order valence-electron chi connectivity index (χ4n) is 2.08. The lowest BCUT2D eigenvalue weighted by atomic mass is 9.87. The van der Waals surface area contributed by atoms with Crippen molar-refractivity contribution in [2.75, 3.05) is 0 Å². The van der Waals surface area contributed by atoms with Gasteiger partial charge in [-0.2, -0.15) is 0 Å². The van der Waals surface area contributed by atoms with Gasteiger partial charge in [0.15, 0.2) is 0 Å². The van der Waals surface area contributed by atoms with Crippen LogP contribution in [0.3, 0.4) is 0 Å². The third kappa shape index (κ3) is 1.79. The van der Waals surface area contributed by atoms with Gasteiger partial charge in [0, 0.05) is 0 Å². The van der Waals surface area contributed by atoms with Gasteiger partial charge in [0.1, 0.15) is 0 Å². The van der Waals surface area contributed by atoms with E-state index in [0.717, 1.165) is 0 Å². The van der Waals surface area contributed by atoms with Crippen molar-refractivity contribution < 1.29 is 0 Å². The predicted octanol–water partition coefficient (Wildman–Crippen LogP) is 3.96. The molecule has 2 aromatic carbocycles. The van der Waals surface area contributed by atoms with Gasteiger partial charge in [-0.3, -0.25) is 0 Å². The zero-order chi connectivity index (χ0) is 10.8. The zero-order valence-corrected chi connectivity index (χ0v) is 9.19. The molecule has 0 nitrogen and oxygen atoms in total. The highest BCUT2D eigenvalue weighted by atomic mass is 14.2. The van der Waals surface area contributed by atoms with Crippen molar-refractivity contribution in [3.63, 3.8) is 0 Å². The van der Waals surface area contributed by atoms with Crippen molar-refractivity contribution in [3.05, 3.63) is 70.8 Å². The van der Waals surface area contributed by atoms with Crippen LogP contribution in [0.4, 0.5) is 0 Å². The Morgan fingerprint density at radius 2 is 1.44 bits per heavy atom. The van der Waals surface area contributed by atoms with Gasteiger partial charge >= 0.3 is 0 Å². The van der Waals surface area contributed by atoms with Crippen LogP contribution in [0.2, 0.25) is 0 Å². The van der Waals surface area contributed by atoms with Crippen LogP contribution in [-0.4, -0.2) is 0 Å². The maximum atomic E-state index is 2.30. The normalized spacial score (nSPS) is 13.5. The van der Waals surface area contributed by atoms with Crippen LogP contribution in [0.5, 0.6) is 0 Å². The molecule has 0 spiro atoms. The third-order valence-electron chi connectivity index (χ3n) is 3.16. The van der Waals surface area contributed by atoms with Crippen LogP contribution in [0.1, 0.15) is 22.3 Å².